The second kappa shape index (κ2) is 4.99. The third-order valence-electron chi connectivity index (χ3n) is 2.10. The van der Waals surface area contributed by atoms with Crippen LogP contribution in [0.5, 0.6) is 0 Å². The average molecular weight is 237 g/mol. The fourth-order valence-electron chi connectivity index (χ4n) is 1.32. The zero-order chi connectivity index (χ0) is 11.5. The molecule has 1 atom stereocenters. The summed E-state index contributed by atoms with van der Waals surface area (Å²) in [5.74, 6) is 0. The predicted octanol–water partition coefficient (Wildman–Crippen LogP) is 3.79. The number of hydrogen-bond donors (Lipinski definition) is 1. The van der Waals surface area contributed by atoms with Crippen molar-refractivity contribution in [3.8, 4) is 0 Å². The molecule has 1 heterocycles. The molecule has 86 valence electrons. The van der Waals surface area contributed by atoms with Crippen molar-refractivity contribution in [2.75, 3.05) is 0 Å². The minimum Gasteiger partial charge on any atom is -0.323 e. The quantitative estimate of drug-likeness (QED) is 0.847. The van der Waals surface area contributed by atoms with Crippen LogP contribution in [0.2, 0.25) is 0 Å². The second-order valence-electron chi connectivity index (χ2n) is 3.56. The molecule has 0 saturated heterocycles. The van der Waals surface area contributed by atoms with Gasteiger partial charge in [-0.15, -0.1) is 11.3 Å². The monoisotopic (exact) mass is 237 g/mol. The topological polar surface area (TPSA) is 26.0 Å². The van der Waals surface area contributed by atoms with Crippen molar-refractivity contribution in [2.45, 2.75) is 38.4 Å². The van der Waals surface area contributed by atoms with Crippen LogP contribution in [-0.2, 0) is 0 Å². The molecule has 5 heteroatoms. The highest BCUT2D eigenvalue weighted by Gasteiger charge is 2.26. The minimum absolute atomic E-state index is 0.0988. The van der Waals surface area contributed by atoms with E-state index in [0.717, 1.165) is 9.75 Å². The van der Waals surface area contributed by atoms with Gasteiger partial charge in [0.25, 0.3) is 0 Å². The highest BCUT2D eigenvalue weighted by atomic mass is 32.1. The summed E-state index contributed by atoms with van der Waals surface area (Å²) < 4.78 is 35.6. The Morgan fingerprint density at radius 1 is 1.40 bits per heavy atom. The molecule has 1 aromatic heterocycles. The van der Waals surface area contributed by atoms with E-state index in [0.29, 0.717) is 6.42 Å². The van der Waals surface area contributed by atoms with Crippen molar-refractivity contribution in [1.29, 1.82) is 0 Å². The van der Waals surface area contributed by atoms with Gasteiger partial charge < -0.3 is 5.73 Å². The molecule has 0 aliphatic carbocycles. The van der Waals surface area contributed by atoms with E-state index in [1.54, 1.807) is 11.3 Å². The van der Waals surface area contributed by atoms with Gasteiger partial charge in [0.1, 0.15) is 0 Å². The molecule has 0 fully saturated rings. The Bertz CT molecular complexity index is 306. The van der Waals surface area contributed by atoms with Crippen LogP contribution < -0.4 is 5.73 Å². The maximum Gasteiger partial charge on any atom is 0.389 e. The number of alkyl halides is 3. The highest BCUT2D eigenvalue weighted by molar-refractivity contribution is 7.12. The maximum absolute atomic E-state index is 11.9. The fraction of sp³-hybridized carbons (Fsp3) is 0.600. The number of nitrogens with two attached hydrogens (primary N) is 1. The molecule has 15 heavy (non-hydrogen) atoms. The van der Waals surface area contributed by atoms with E-state index in [4.69, 9.17) is 5.73 Å². The molecular formula is C10H14F3NS. The van der Waals surface area contributed by atoms with E-state index >= 15 is 0 Å². The number of thiophene rings is 1. The van der Waals surface area contributed by atoms with Gasteiger partial charge in [-0.1, -0.05) is 0 Å². The molecule has 1 unspecified atom stereocenters. The molecule has 1 rings (SSSR count). The first kappa shape index (κ1) is 12.5. The summed E-state index contributed by atoms with van der Waals surface area (Å²) in [6.07, 6.45) is -4.32. The zero-order valence-corrected chi connectivity index (χ0v) is 9.29. The Hall–Kier alpha value is -0.550. The van der Waals surface area contributed by atoms with Gasteiger partial charge >= 0.3 is 6.18 Å². The molecule has 0 amide bonds. The van der Waals surface area contributed by atoms with Crippen LogP contribution in [0.3, 0.4) is 0 Å². The van der Waals surface area contributed by atoms with E-state index in [1.165, 1.54) is 0 Å². The number of hydrogen-bond acceptors (Lipinski definition) is 2. The zero-order valence-electron chi connectivity index (χ0n) is 8.47. The van der Waals surface area contributed by atoms with Crippen molar-refractivity contribution in [3.05, 3.63) is 21.9 Å². The molecule has 0 aliphatic heterocycles. The largest absolute Gasteiger partial charge is 0.389 e. The van der Waals surface area contributed by atoms with Crippen LogP contribution in [0.15, 0.2) is 12.1 Å². The van der Waals surface area contributed by atoms with Crippen LogP contribution >= 0.6 is 11.3 Å². The molecule has 2 N–H and O–H groups in total. The molecule has 0 bridgehead atoms. The van der Waals surface area contributed by atoms with Gasteiger partial charge in [0.15, 0.2) is 0 Å². The Balaban J connectivity index is 2.34. The van der Waals surface area contributed by atoms with Gasteiger partial charge in [0.05, 0.1) is 0 Å². The lowest BCUT2D eigenvalue weighted by atomic mass is 10.1. The Morgan fingerprint density at radius 2 is 2.07 bits per heavy atom. The fourth-order valence-corrected chi connectivity index (χ4v) is 2.23. The lowest BCUT2D eigenvalue weighted by molar-refractivity contribution is -0.135. The van der Waals surface area contributed by atoms with Gasteiger partial charge in [-0.3, -0.25) is 0 Å². The predicted molar refractivity (Wildman–Crippen MR) is 55.9 cm³/mol. The van der Waals surface area contributed by atoms with Crippen LogP contribution in [0, 0.1) is 6.92 Å². The smallest absolute Gasteiger partial charge is 0.323 e. The van der Waals surface area contributed by atoms with E-state index in [-0.39, 0.29) is 12.5 Å². The Labute approximate surface area is 91.1 Å². The second-order valence-corrected chi connectivity index (χ2v) is 4.88. The van der Waals surface area contributed by atoms with Crippen molar-refractivity contribution in [2.24, 2.45) is 5.73 Å². The van der Waals surface area contributed by atoms with E-state index < -0.39 is 12.6 Å². The minimum atomic E-state index is -4.06. The van der Waals surface area contributed by atoms with Crippen molar-refractivity contribution >= 4 is 11.3 Å². The number of halogens is 3. The van der Waals surface area contributed by atoms with Gasteiger partial charge in [-0.05, 0) is 31.9 Å². The van der Waals surface area contributed by atoms with Crippen LogP contribution in [0.4, 0.5) is 13.2 Å². The van der Waals surface area contributed by atoms with Crippen LogP contribution in [0.25, 0.3) is 0 Å². The summed E-state index contributed by atoms with van der Waals surface area (Å²) in [6.45, 7) is 1.95. The van der Waals surface area contributed by atoms with E-state index in [2.05, 4.69) is 0 Å². The first-order valence-electron chi connectivity index (χ1n) is 4.77. The third kappa shape index (κ3) is 4.66. The molecule has 1 aromatic rings. The van der Waals surface area contributed by atoms with E-state index in [1.807, 2.05) is 19.1 Å². The van der Waals surface area contributed by atoms with Crippen molar-refractivity contribution in [3.63, 3.8) is 0 Å². The summed E-state index contributed by atoms with van der Waals surface area (Å²) in [4.78, 5) is 2.10. The lowest BCUT2D eigenvalue weighted by Gasteiger charge is -2.10. The summed E-state index contributed by atoms with van der Waals surface area (Å²) in [6, 6.07) is 3.56. The van der Waals surface area contributed by atoms with Crippen LogP contribution in [0.1, 0.15) is 35.1 Å². The van der Waals surface area contributed by atoms with Gasteiger partial charge in [0, 0.05) is 22.2 Å². The average Bonchev–Trinajstić information content (AvgIpc) is 2.49. The summed E-state index contributed by atoms with van der Waals surface area (Å²) in [5, 5.41) is 0. The van der Waals surface area contributed by atoms with Crippen molar-refractivity contribution in [1.82, 2.24) is 0 Å². The van der Waals surface area contributed by atoms with E-state index in [9.17, 15) is 13.2 Å². The SMILES string of the molecule is Cc1ccc(C(N)CCCC(F)(F)F)s1. The number of rotatable bonds is 4. The van der Waals surface area contributed by atoms with Crippen molar-refractivity contribution < 1.29 is 13.2 Å². The highest BCUT2D eigenvalue weighted by Crippen LogP contribution is 2.28. The lowest BCUT2D eigenvalue weighted by Crippen LogP contribution is -2.12. The molecule has 0 aromatic carbocycles. The maximum atomic E-state index is 11.9. The van der Waals surface area contributed by atoms with Gasteiger partial charge in [-0.2, -0.15) is 13.2 Å². The molecule has 0 aliphatic rings. The molecular weight excluding hydrogens is 223 g/mol. The summed E-state index contributed by atoms with van der Waals surface area (Å²) in [7, 11) is 0. The standard InChI is InChI=1S/C10H14F3NS/c1-7-4-5-9(15-7)8(14)3-2-6-10(11,12)13/h4-5,8H,2-3,6,14H2,1H3. The molecule has 0 radical (unpaired) electrons. The molecule has 0 spiro atoms. The molecule has 1 nitrogen and oxygen atoms in total. The summed E-state index contributed by atoms with van der Waals surface area (Å²) >= 11 is 1.55. The van der Waals surface area contributed by atoms with Crippen LogP contribution in [-0.4, -0.2) is 6.18 Å². The first-order chi connectivity index (χ1) is 6.88. The normalized spacial score (nSPS) is 14.2. The third-order valence-corrected chi connectivity index (χ3v) is 3.23. The Kier molecular flexibility index (Phi) is 4.16. The van der Waals surface area contributed by atoms with Gasteiger partial charge in [0.2, 0.25) is 0 Å². The Morgan fingerprint density at radius 3 is 2.53 bits per heavy atom. The first-order valence-corrected chi connectivity index (χ1v) is 5.59. The molecule has 0 saturated carbocycles. The number of aryl methyl sites for hydroxylation is 1. The summed E-state index contributed by atoms with van der Waals surface area (Å²) in [5.41, 5.74) is 5.78. The van der Waals surface area contributed by atoms with Gasteiger partial charge in [-0.25, -0.2) is 0 Å².